The molecule has 1 aromatic heterocycles. The second kappa shape index (κ2) is 5.80. The number of ether oxygens (including phenoxy) is 1. The van der Waals surface area contributed by atoms with Gasteiger partial charge in [-0.05, 0) is 55.6 Å². The van der Waals surface area contributed by atoms with Gasteiger partial charge in [0.05, 0.1) is 24.3 Å². The van der Waals surface area contributed by atoms with Gasteiger partial charge >= 0.3 is 0 Å². The van der Waals surface area contributed by atoms with Gasteiger partial charge in [-0.3, -0.25) is 4.57 Å². The van der Waals surface area contributed by atoms with Crippen molar-refractivity contribution in [2.75, 3.05) is 18.1 Å². The van der Waals surface area contributed by atoms with Crippen molar-refractivity contribution in [3.63, 3.8) is 0 Å². The Morgan fingerprint density at radius 2 is 2.19 bits per heavy atom. The zero-order chi connectivity index (χ0) is 18.0. The van der Waals surface area contributed by atoms with E-state index in [0.717, 1.165) is 67.6 Å². The molecule has 6 nitrogen and oxygen atoms in total. The third-order valence-corrected chi connectivity index (χ3v) is 7.01. The van der Waals surface area contributed by atoms with Crippen LogP contribution in [0.25, 0.3) is 11.4 Å². The van der Waals surface area contributed by atoms with E-state index in [1.54, 1.807) is 0 Å². The van der Waals surface area contributed by atoms with Crippen molar-refractivity contribution in [3.05, 3.63) is 29.8 Å². The summed E-state index contributed by atoms with van der Waals surface area (Å²) < 4.78 is 8.18. The average Bonchev–Trinajstić information content (AvgIpc) is 3.10. The van der Waals surface area contributed by atoms with Crippen molar-refractivity contribution in [1.29, 1.82) is 5.26 Å². The predicted molar refractivity (Wildman–Crippen MR) is 100.0 cm³/mol. The number of hydrogen-bond acceptors (Lipinski definition) is 5. The summed E-state index contributed by atoms with van der Waals surface area (Å²) in [6.07, 6.45) is 5.17. The highest BCUT2D eigenvalue weighted by atomic mass is 16.5. The van der Waals surface area contributed by atoms with Crippen LogP contribution in [0.2, 0.25) is 0 Å². The monoisotopic (exact) mass is 361 g/mol. The van der Waals surface area contributed by atoms with Crippen LogP contribution in [0.3, 0.4) is 0 Å². The number of piperidine rings is 1. The summed E-state index contributed by atoms with van der Waals surface area (Å²) in [5, 5.41) is 18.5. The van der Waals surface area contributed by atoms with Crippen molar-refractivity contribution in [3.8, 4) is 17.5 Å². The first-order valence-electron chi connectivity index (χ1n) is 10.1. The molecule has 2 saturated carbocycles. The predicted octanol–water partition coefficient (Wildman–Crippen LogP) is 2.84. The number of nitriles is 1. The zero-order valence-corrected chi connectivity index (χ0v) is 15.3. The van der Waals surface area contributed by atoms with Crippen molar-refractivity contribution in [2.45, 2.75) is 44.4 Å². The normalized spacial score (nSPS) is 33.3. The van der Waals surface area contributed by atoms with Crippen molar-refractivity contribution in [2.24, 2.45) is 17.8 Å². The molecule has 1 unspecified atom stereocenters. The largest absolute Gasteiger partial charge is 0.376 e. The van der Waals surface area contributed by atoms with Crippen LogP contribution in [0.1, 0.15) is 31.2 Å². The smallest absolute Gasteiger partial charge is 0.227 e. The van der Waals surface area contributed by atoms with Crippen molar-refractivity contribution in [1.82, 2.24) is 14.8 Å². The molecule has 2 bridgehead atoms. The van der Waals surface area contributed by atoms with Crippen LogP contribution < -0.4 is 4.90 Å². The van der Waals surface area contributed by atoms with Gasteiger partial charge in [0.15, 0.2) is 5.82 Å². The van der Waals surface area contributed by atoms with Gasteiger partial charge in [0.25, 0.3) is 0 Å². The molecule has 138 valence electrons. The van der Waals surface area contributed by atoms with Gasteiger partial charge < -0.3 is 9.64 Å². The lowest BCUT2D eigenvalue weighted by atomic mass is 10.1. The van der Waals surface area contributed by atoms with Gasteiger partial charge in [0, 0.05) is 24.8 Å². The van der Waals surface area contributed by atoms with Crippen LogP contribution in [0.4, 0.5) is 5.95 Å². The lowest BCUT2D eigenvalue weighted by Crippen LogP contribution is -2.36. The fourth-order valence-electron chi connectivity index (χ4n) is 5.67. The number of aromatic nitrogens is 3. The summed E-state index contributed by atoms with van der Waals surface area (Å²) in [7, 11) is 0. The summed E-state index contributed by atoms with van der Waals surface area (Å²) in [6, 6.07) is 10.6. The third kappa shape index (κ3) is 2.41. The molecular weight excluding hydrogens is 338 g/mol. The number of hydrogen-bond donors (Lipinski definition) is 0. The summed E-state index contributed by atoms with van der Waals surface area (Å²) in [4.78, 5) is 2.51. The number of anilines is 1. The third-order valence-electron chi connectivity index (χ3n) is 7.01. The molecule has 5 atom stereocenters. The molecule has 0 spiro atoms. The average molecular weight is 361 g/mol. The molecule has 0 N–H and O–H groups in total. The second-order valence-corrected chi connectivity index (χ2v) is 8.54. The van der Waals surface area contributed by atoms with Gasteiger partial charge in [0.2, 0.25) is 5.95 Å². The van der Waals surface area contributed by atoms with Crippen LogP contribution in [-0.4, -0.2) is 40.1 Å². The molecule has 27 heavy (non-hydrogen) atoms. The first kappa shape index (κ1) is 15.6. The highest BCUT2D eigenvalue weighted by molar-refractivity contribution is 5.60. The number of fused-ring (bicyclic) bond motifs is 5. The van der Waals surface area contributed by atoms with Crippen LogP contribution in [0.15, 0.2) is 24.3 Å². The van der Waals surface area contributed by atoms with E-state index < -0.39 is 0 Å². The van der Waals surface area contributed by atoms with Gasteiger partial charge in [-0.25, -0.2) is 0 Å². The Bertz CT molecular complexity index is 925. The Hall–Kier alpha value is -2.39. The molecule has 6 heteroatoms. The topological polar surface area (TPSA) is 67.0 Å². The molecule has 2 aliphatic carbocycles. The quantitative estimate of drug-likeness (QED) is 0.838. The minimum Gasteiger partial charge on any atom is -0.376 e. The van der Waals surface area contributed by atoms with Crippen LogP contribution in [0.5, 0.6) is 0 Å². The molecule has 6 rings (SSSR count). The molecule has 0 amide bonds. The number of rotatable bonds is 4. The van der Waals surface area contributed by atoms with E-state index in [4.69, 9.17) is 4.74 Å². The highest BCUT2D eigenvalue weighted by Gasteiger charge is 2.61. The van der Waals surface area contributed by atoms with Gasteiger partial charge in [-0.1, -0.05) is 12.1 Å². The minimum absolute atomic E-state index is 0.228. The molecular formula is C21H23N5O. The molecule has 2 aliphatic heterocycles. The van der Waals surface area contributed by atoms with E-state index in [1.807, 2.05) is 24.3 Å². The Morgan fingerprint density at radius 3 is 2.96 bits per heavy atom. The van der Waals surface area contributed by atoms with Crippen molar-refractivity contribution < 1.29 is 4.74 Å². The van der Waals surface area contributed by atoms with E-state index in [1.165, 1.54) is 12.8 Å². The maximum atomic E-state index is 9.27. The zero-order valence-electron chi connectivity index (χ0n) is 15.3. The molecule has 2 aromatic rings. The lowest BCUT2D eigenvalue weighted by molar-refractivity contribution is 0.0974. The first-order valence-corrected chi connectivity index (χ1v) is 10.1. The maximum absolute atomic E-state index is 9.27. The van der Waals surface area contributed by atoms with Gasteiger partial charge in [-0.15, -0.1) is 10.2 Å². The van der Waals surface area contributed by atoms with E-state index in [9.17, 15) is 5.26 Å². The standard InChI is InChI=1S/C21H23N5O/c22-10-13-3-1-4-14(7-13)20-23-24-21(26(20)12-16-5-2-6-27-16)25-11-15-8-19(25)18-9-17(15)18/h1,3-4,7,15-19H,2,5-6,8-9,11-12H2/t15-,16?,17-,18-,19-/m0/s1. The summed E-state index contributed by atoms with van der Waals surface area (Å²) in [6.45, 7) is 2.75. The molecule has 3 heterocycles. The maximum Gasteiger partial charge on any atom is 0.227 e. The first-order chi connectivity index (χ1) is 13.3. The fourth-order valence-corrected chi connectivity index (χ4v) is 5.67. The van der Waals surface area contributed by atoms with Crippen LogP contribution in [-0.2, 0) is 11.3 Å². The summed E-state index contributed by atoms with van der Waals surface area (Å²) in [5.74, 6) is 4.56. The molecule has 4 fully saturated rings. The van der Waals surface area contributed by atoms with Gasteiger partial charge in [0.1, 0.15) is 0 Å². The summed E-state index contributed by atoms with van der Waals surface area (Å²) >= 11 is 0. The molecule has 2 saturated heterocycles. The molecule has 0 radical (unpaired) electrons. The van der Waals surface area contributed by atoms with E-state index in [-0.39, 0.29) is 6.10 Å². The molecule has 4 aliphatic rings. The van der Waals surface area contributed by atoms with E-state index in [0.29, 0.717) is 11.6 Å². The second-order valence-electron chi connectivity index (χ2n) is 8.54. The van der Waals surface area contributed by atoms with Crippen molar-refractivity contribution >= 4 is 5.95 Å². The van der Waals surface area contributed by atoms with E-state index >= 15 is 0 Å². The Kier molecular flexibility index (Phi) is 3.36. The van der Waals surface area contributed by atoms with E-state index in [2.05, 4.69) is 25.7 Å². The Labute approximate surface area is 158 Å². The lowest BCUT2D eigenvalue weighted by Gasteiger charge is -2.28. The van der Waals surface area contributed by atoms with Gasteiger partial charge in [-0.2, -0.15) is 5.26 Å². The van der Waals surface area contributed by atoms with Crippen LogP contribution >= 0.6 is 0 Å². The fraction of sp³-hybridized carbons (Fsp3) is 0.571. The Balaban J connectivity index is 1.40. The molecule has 1 aromatic carbocycles. The highest BCUT2D eigenvalue weighted by Crippen LogP contribution is 2.61. The minimum atomic E-state index is 0.228. The SMILES string of the molecule is N#Cc1cccc(-c2nnc(N3C[C@@H]4C[C@H]3[C@H]3C[C@@H]43)n2CC2CCCO2)c1. The number of benzene rings is 1. The Morgan fingerprint density at radius 1 is 1.22 bits per heavy atom. The summed E-state index contributed by atoms with van der Waals surface area (Å²) in [5.41, 5.74) is 1.61. The van der Waals surface area contributed by atoms with Crippen LogP contribution in [0, 0.1) is 29.1 Å². The number of nitrogens with zero attached hydrogens (tertiary/aromatic N) is 5.